The predicted molar refractivity (Wildman–Crippen MR) is 125 cm³/mol. The topological polar surface area (TPSA) is 29.5 Å². The van der Waals surface area contributed by atoms with Gasteiger partial charge in [0.05, 0.1) is 12.7 Å². The van der Waals surface area contributed by atoms with Crippen LogP contribution in [0.5, 0.6) is 0 Å². The van der Waals surface area contributed by atoms with Crippen LogP contribution < -0.4 is 0 Å². The lowest BCUT2D eigenvalue weighted by atomic mass is 9.46. The second-order valence-corrected chi connectivity index (χ2v) is 12.4. The third kappa shape index (κ3) is 3.83. The Morgan fingerprint density at radius 3 is 2.60 bits per heavy atom. The van der Waals surface area contributed by atoms with Crippen LogP contribution in [-0.2, 0) is 4.74 Å². The van der Waals surface area contributed by atoms with Gasteiger partial charge >= 0.3 is 0 Å². The van der Waals surface area contributed by atoms with Gasteiger partial charge in [-0.25, -0.2) is 0 Å². The van der Waals surface area contributed by atoms with Crippen LogP contribution in [0.1, 0.15) is 98.3 Å². The van der Waals surface area contributed by atoms with E-state index in [2.05, 4.69) is 33.8 Å². The highest BCUT2D eigenvalue weighted by atomic mass is 16.5. The van der Waals surface area contributed by atoms with Crippen LogP contribution in [-0.4, -0.2) is 24.9 Å². The van der Waals surface area contributed by atoms with Gasteiger partial charge in [-0.3, -0.25) is 0 Å². The number of rotatable bonds is 7. The summed E-state index contributed by atoms with van der Waals surface area (Å²) in [4.78, 5) is 0. The number of aliphatic hydroxyl groups is 1. The Balaban J connectivity index is 1.53. The molecule has 30 heavy (non-hydrogen) atoms. The maximum Gasteiger partial charge on any atom is 0.0577 e. The van der Waals surface area contributed by atoms with Crippen LogP contribution in [0.3, 0.4) is 0 Å². The molecule has 1 N–H and O–H groups in total. The molecule has 2 nitrogen and oxygen atoms in total. The summed E-state index contributed by atoms with van der Waals surface area (Å²) in [7, 11) is 1.89. The fourth-order valence-electron chi connectivity index (χ4n) is 8.99. The molecule has 4 aliphatic carbocycles. The molecule has 0 aliphatic heterocycles. The van der Waals surface area contributed by atoms with Crippen molar-refractivity contribution in [3.63, 3.8) is 0 Å². The van der Waals surface area contributed by atoms with Gasteiger partial charge in [0.25, 0.3) is 0 Å². The van der Waals surface area contributed by atoms with E-state index < -0.39 is 0 Å². The third-order valence-electron chi connectivity index (χ3n) is 10.4. The molecule has 0 amide bonds. The molecule has 3 fully saturated rings. The summed E-state index contributed by atoms with van der Waals surface area (Å²) in [5, 5.41) is 10.3. The van der Waals surface area contributed by atoms with E-state index in [1.54, 1.807) is 5.57 Å². The van der Waals surface area contributed by atoms with Crippen molar-refractivity contribution in [2.24, 2.45) is 46.3 Å². The lowest BCUT2D eigenvalue weighted by Gasteiger charge is -2.59. The largest absolute Gasteiger partial charge is 0.393 e. The van der Waals surface area contributed by atoms with E-state index >= 15 is 0 Å². The van der Waals surface area contributed by atoms with Crippen LogP contribution in [0.4, 0.5) is 0 Å². The molecule has 4 aliphatic rings. The molecule has 0 aromatic heterocycles. The van der Waals surface area contributed by atoms with Crippen LogP contribution in [0.25, 0.3) is 0 Å². The third-order valence-corrected chi connectivity index (χ3v) is 10.4. The van der Waals surface area contributed by atoms with E-state index in [0.29, 0.717) is 5.41 Å². The fraction of sp³-hybridized carbons (Fsp3) is 0.929. The first-order valence-corrected chi connectivity index (χ1v) is 13.2. The second-order valence-electron chi connectivity index (χ2n) is 12.4. The van der Waals surface area contributed by atoms with Crippen molar-refractivity contribution < 1.29 is 9.84 Å². The van der Waals surface area contributed by atoms with Gasteiger partial charge in [0.2, 0.25) is 0 Å². The highest BCUT2D eigenvalue weighted by molar-refractivity contribution is 5.26. The number of ether oxygens (including phenoxy) is 1. The maximum atomic E-state index is 10.3. The molecule has 172 valence electrons. The Hall–Kier alpha value is -0.340. The Bertz CT molecular complexity index is 624. The van der Waals surface area contributed by atoms with E-state index in [1.807, 2.05) is 7.11 Å². The molecule has 8 atom stereocenters. The van der Waals surface area contributed by atoms with Crippen molar-refractivity contribution in [2.45, 2.75) is 104 Å². The second kappa shape index (κ2) is 8.89. The van der Waals surface area contributed by atoms with Crippen LogP contribution >= 0.6 is 0 Å². The minimum Gasteiger partial charge on any atom is -0.393 e. The zero-order valence-electron chi connectivity index (χ0n) is 20.5. The number of allylic oxidation sites excluding steroid dienone is 1. The Kier molecular flexibility index (Phi) is 6.77. The van der Waals surface area contributed by atoms with Crippen molar-refractivity contribution in [3.05, 3.63) is 11.6 Å². The van der Waals surface area contributed by atoms with Crippen molar-refractivity contribution in [2.75, 3.05) is 13.7 Å². The smallest absolute Gasteiger partial charge is 0.0577 e. The van der Waals surface area contributed by atoms with Crippen molar-refractivity contribution in [1.29, 1.82) is 0 Å². The Morgan fingerprint density at radius 1 is 1.07 bits per heavy atom. The molecule has 0 aromatic rings. The first-order chi connectivity index (χ1) is 14.3. The summed E-state index contributed by atoms with van der Waals surface area (Å²) in [6.45, 7) is 10.8. The molecule has 0 radical (unpaired) electrons. The molecule has 3 saturated carbocycles. The van der Waals surface area contributed by atoms with Gasteiger partial charge in [0.15, 0.2) is 0 Å². The number of hydrogen-bond donors (Lipinski definition) is 1. The molecular formula is C28H48O2. The first kappa shape index (κ1) is 22.8. The van der Waals surface area contributed by atoms with Gasteiger partial charge in [-0.2, -0.15) is 0 Å². The van der Waals surface area contributed by atoms with E-state index in [9.17, 15) is 5.11 Å². The lowest BCUT2D eigenvalue weighted by Crippen LogP contribution is -2.53. The van der Waals surface area contributed by atoms with Crippen LogP contribution in [0.15, 0.2) is 11.6 Å². The fourth-order valence-corrected chi connectivity index (χ4v) is 8.99. The molecule has 2 heteroatoms. The zero-order chi connectivity index (χ0) is 21.5. The van der Waals surface area contributed by atoms with Gasteiger partial charge in [0.1, 0.15) is 0 Å². The summed E-state index contributed by atoms with van der Waals surface area (Å²) in [5.74, 6) is 5.15. The first-order valence-electron chi connectivity index (χ1n) is 13.2. The summed E-state index contributed by atoms with van der Waals surface area (Å²) in [6.07, 6.45) is 16.6. The lowest BCUT2D eigenvalue weighted by molar-refractivity contribution is -0.0852. The molecular weight excluding hydrogens is 368 g/mol. The Morgan fingerprint density at radius 2 is 1.87 bits per heavy atom. The number of hydrogen-bond acceptors (Lipinski definition) is 2. The van der Waals surface area contributed by atoms with Crippen LogP contribution in [0.2, 0.25) is 0 Å². The molecule has 8 unspecified atom stereocenters. The van der Waals surface area contributed by atoms with Gasteiger partial charge in [-0.15, -0.1) is 0 Å². The average molecular weight is 417 g/mol. The minimum absolute atomic E-state index is 0.130. The standard InChI is InChI=1S/C28H48O2/c1-19(2)7-6-8-20(3)24-11-12-25-23-10-9-21-17-22(29)13-16-28(21,18-30-5)26(23)14-15-27(24,25)4/h9,19-20,22-26,29H,6-8,10-18H2,1-5H3. The predicted octanol–water partition coefficient (Wildman–Crippen LogP) is 7.02. The molecule has 0 saturated heterocycles. The van der Waals surface area contributed by atoms with E-state index in [-0.39, 0.29) is 11.5 Å². The zero-order valence-corrected chi connectivity index (χ0v) is 20.5. The van der Waals surface area contributed by atoms with Gasteiger partial charge in [0, 0.05) is 12.5 Å². The molecule has 4 rings (SSSR count). The number of aliphatic hydroxyl groups excluding tert-OH is 1. The number of fused-ring (bicyclic) bond motifs is 5. The van der Waals surface area contributed by atoms with Crippen LogP contribution in [0, 0.1) is 46.3 Å². The molecule has 0 heterocycles. The summed E-state index contributed by atoms with van der Waals surface area (Å²) in [5.41, 5.74) is 2.32. The van der Waals surface area contributed by atoms with Gasteiger partial charge in [-0.05, 0) is 92.3 Å². The highest BCUT2D eigenvalue weighted by Crippen LogP contribution is 2.67. The number of methoxy groups -OCH3 is 1. The quantitative estimate of drug-likeness (QED) is 0.452. The summed E-state index contributed by atoms with van der Waals surface area (Å²) in [6, 6.07) is 0. The summed E-state index contributed by atoms with van der Waals surface area (Å²) < 4.78 is 5.86. The normalized spacial score (nSPS) is 44.2. The van der Waals surface area contributed by atoms with Crippen molar-refractivity contribution in [3.8, 4) is 0 Å². The maximum absolute atomic E-state index is 10.3. The Labute approximate surface area is 186 Å². The SMILES string of the molecule is COCC12CCC(O)CC1=CCC1C2CCC2(C)C(C(C)CCCC(C)C)CCC12. The summed E-state index contributed by atoms with van der Waals surface area (Å²) >= 11 is 0. The van der Waals surface area contributed by atoms with Crippen molar-refractivity contribution >= 4 is 0 Å². The molecule has 0 aromatic carbocycles. The highest BCUT2D eigenvalue weighted by Gasteiger charge is 2.60. The average Bonchev–Trinajstić information content (AvgIpc) is 3.05. The van der Waals surface area contributed by atoms with E-state index in [4.69, 9.17) is 4.74 Å². The monoisotopic (exact) mass is 416 g/mol. The minimum atomic E-state index is -0.130. The van der Waals surface area contributed by atoms with E-state index in [0.717, 1.165) is 61.4 Å². The molecule has 0 bridgehead atoms. The van der Waals surface area contributed by atoms with Gasteiger partial charge in [-0.1, -0.05) is 58.6 Å². The van der Waals surface area contributed by atoms with E-state index in [1.165, 1.54) is 51.4 Å². The van der Waals surface area contributed by atoms with Crippen molar-refractivity contribution in [1.82, 2.24) is 0 Å². The van der Waals surface area contributed by atoms with Gasteiger partial charge < -0.3 is 9.84 Å². The molecule has 0 spiro atoms.